The van der Waals surface area contributed by atoms with Crippen LogP contribution in [0.5, 0.6) is 0 Å². The van der Waals surface area contributed by atoms with Crippen LogP contribution in [0, 0.1) is 6.92 Å². The van der Waals surface area contributed by atoms with Gasteiger partial charge in [0.2, 0.25) is 0 Å². The third kappa shape index (κ3) is 4.29. The number of amides is 2. The maximum Gasteiger partial charge on any atom is 0.295 e. The molecule has 0 unspecified atom stereocenters. The lowest BCUT2D eigenvalue weighted by molar-refractivity contribution is -0.130. The normalized spacial score (nSPS) is 16.2. The summed E-state index contributed by atoms with van der Waals surface area (Å²) in [6.45, 7) is 4.61. The quantitative estimate of drug-likeness (QED) is 0.444. The van der Waals surface area contributed by atoms with Crippen LogP contribution in [0.25, 0.3) is 11.3 Å². The van der Waals surface area contributed by atoms with Crippen molar-refractivity contribution in [3.05, 3.63) is 76.4 Å². The third-order valence-corrected chi connectivity index (χ3v) is 5.83. The van der Waals surface area contributed by atoms with Crippen LogP contribution in [0.1, 0.15) is 33.3 Å². The van der Waals surface area contributed by atoms with E-state index in [0.29, 0.717) is 30.0 Å². The van der Waals surface area contributed by atoms with Crippen molar-refractivity contribution in [3.8, 4) is 11.3 Å². The Balaban J connectivity index is 1.45. The first kappa shape index (κ1) is 21.8. The van der Waals surface area contributed by atoms with Gasteiger partial charge in [-0.1, -0.05) is 41.0 Å². The Bertz CT molecular complexity index is 1170. The average molecular weight is 452 g/mol. The van der Waals surface area contributed by atoms with Crippen LogP contribution in [0.4, 0.5) is 0 Å². The molecule has 0 bridgehead atoms. The molecule has 1 atom stereocenters. The number of nitrogens with zero attached hydrogens (tertiary/aromatic N) is 3. The van der Waals surface area contributed by atoms with Crippen LogP contribution in [-0.4, -0.2) is 58.2 Å². The van der Waals surface area contributed by atoms with Crippen molar-refractivity contribution in [3.63, 3.8) is 0 Å². The molecule has 0 N–H and O–H groups in total. The van der Waals surface area contributed by atoms with E-state index in [2.05, 4.69) is 5.16 Å². The van der Waals surface area contributed by atoms with Gasteiger partial charge in [-0.05, 0) is 38.1 Å². The van der Waals surface area contributed by atoms with E-state index in [9.17, 15) is 14.4 Å². The van der Waals surface area contributed by atoms with Gasteiger partial charge in [0.1, 0.15) is 0 Å². The Hall–Kier alpha value is -3.45. The van der Waals surface area contributed by atoms with Crippen LogP contribution in [0.3, 0.4) is 0 Å². The van der Waals surface area contributed by atoms with Crippen molar-refractivity contribution in [1.82, 2.24) is 15.0 Å². The van der Waals surface area contributed by atoms with Gasteiger partial charge in [0.25, 0.3) is 17.6 Å². The molecule has 2 aromatic carbocycles. The lowest BCUT2D eigenvalue weighted by Gasteiger charge is -2.39. The Morgan fingerprint density at radius 2 is 1.81 bits per heavy atom. The molecule has 3 aromatic rings. The first-order valence-electron chi connectivity index (χ1n) is 10.3. The van der Waals surface area contributed by atoms with Crippen molar-refractivity contribution in [2.45, 2.75) is 19.9 Å². The summed E-state index contributed by atoms with van der Waals surface area (Å²) in [5.41, 5.74) is 2.13. The largest absolute Gasteiger partial charge is 0.356 e. The summed E-state index contributed by atoms with van der Waals surface area (Å²) in [5, 5.41) is 4.01. The Labute approximate surface area is 190 Å². The molecule has 1 fully saturated rings. The van der Waals surface area contributed by atoms with E-state index >= 15 is 0 Å². The van der Waals surface area contributed by atoms with E-state index in [4.69, 9.17) is 16.1 Å². The minimum Gasteiger partial charge on any atom is -0.356 e. The Morgan fingerprint density at radius 1 is 1.06 bits per heavy atom. The second-order valence-electron chi connectivity index (χ2n) is 7.82. The van der Waals surface area contributed by atoms with E-state index in [-0.39, 0.29) is 29.1 Å². The van der Waals surface area contributed by atoms with Gasteiger partial charge in [-0.3, -0.25) is 14.4 Å². The van der Waals surface area contributed by atoms with Gasteiger partial charge in [-0.15, -0.1) is 0 Å². The molecule has 1 aliphatic rings. The zero-order valence-corrected chi connectivity index (χ0v) is 18.5. The number of aromatic nitrogens is 1. The average Bonchev–Trinajstić information content (AvgIpc) is 3.24. The topological polar surface area (TPSA) is 83.7 Å². The zero-order chi connectivity index (χ0) is 22.8. The monoisotopic (exact) mass is 451 g/mol. The highest BCUT2D eigenvalue weighted by Gasteiger charge is 2.34. The van der Waals surface area contributed by atoms with Crippen molar-refractivity contribution in [1.29, 1.82) is 0 Å². The highest BCUT2D eigenvalue weighted by atomic mass is 35.5. The second-order valence-corrected chi connectivity index (χ2v) is 8.23. The molecule has 0 spiro atoms. The molecule has 164 valence electrons. The van der Waals surface area contributed by atoms with Crippen molar-refractivity contribution >= 4 is 29.2 Å². The fraction of sp³-hybridized carbons (Fsp3) is 0.250. The zero-order valence-electron chi connectivity index (χ0n) is 17.7. The molecule has 7 nitrogen and oxygen atoms in total. The van der Waals surface area contributed by atoms with Gasteiger partial charge < -0.3 is 14.3 Å². The molecule has 32 heavy (non-hydrogen) atoms. The number of hydrogen-bond donors (Lipinski definition) is 0. The van der Waals surface area contributed by atoms with Crippen molar-refractivity contribution in [2.75, 3.05) is 19.6 Å². The summed E-state index contributed by atoms with van der Waals surface area (Å²) < 4.78 is 5.22. The van der Waals surface area contributed by atoms with Gasteiger partial charge in [0.05, 0.1) is 10.7 Å². The molecule has 1 aromatic heterocycles. The highest BCUT2D eigenvalue weighted by molar-refractivity contribution is 6.47. The minimum atomic E-state index is -0.676. The van der Waals surface area contributed by atoms with E-state index < -0.39 is 11.7 Å². The number of halogens is 1. The van der Waals surface area contributed by atoms with Gasteiger partial charge >= 0.3 is 0 Å². The standard InChI is InChI=1S/C24H22ClN3O4/c1-15-12-21(32-26-15)18-8-9-19(20(25)13-18)22(29)24(31)28-11-10-27(14-16(28)2)23(30)17-6-4-3-5-7-17/h3-9,12-13,16H,10-11,14H2,1-2H3/t16-/m1/s1. The summed E-state index contributed by atoms with van der Waals surface area (Å²) >= 11 is 6.33. The fourth-order valence-corrected chi connectivity index (χ4v) is 4.07. The van der Waals surface area contributed by atoms with Crippen molar-refractivity contribution < 1.29 is 18.9 Å². The third-order valence-electron chi connectivity index (χ3n) is 5.52. The fourth-order valence-electron chi connectivity index (χ4n) is 3.80. The maximum atomic E-state index is 13.0. The summed E-state index contributed by atoms with van der Waals surface area (Å²) in [6, 6.07) is 15.2. The summed E-state index contributed by atoms with van der Waals surface area (Å²) in [6.07, 6.45) is 0. The van der Waals surface area contributed by atoms with Crippen LogP contribution in [0.15, 0.2) is 59.1 Å². The predicted molar refractivity (Wildman–Crippen MR) is 120 cm³/mol. The molecular formula is C24H22ClN3O4. The number of carbonyl (C=O) groups excluding carboxylic acids is 3. The number of piperazine rings is 1. The smallest absolute Gasteiger partial charge is 0.295 e. The van der Waals surface area contributed by atoms with Crippen LogP contribution >= 0.6 is 11.6 Å². The molecule has 4 rings (SSSR count). The van der Waals surface area contributed by atoms with E-state index in [1.165, 1.54) is 11.0 Å². The summed E-state index contributed by atoms with van der Waals surface area (Å²) in [5.74, 6) is -0.862. The molecule has 2 heterocycles. The Kier molecular flexibility index (Phi) is 6.10. The van der Waals surface area contributed by atoms with Gasteiger partial charge in [-0.2, -0.15) is 0 Å². The lowest BCUT2D eigenvalue weighted by atomic mass is 10.0. The van der Waals surface area contributed by atoms with Gasteiger partial charge in [0, 0.05) is 48.4 Å². The first-order chi connectivity index (χ1) is 15.3. The molecule has 8 heteroatoms. The molecule has 0 radical (unpaired) electrons. The number of benzene rings is 2. The van der Waals surface area contributed by atoms with Gasteiger partial charge in [0.15, 0.2) is 5.76 Å². The number of carbonyl (C=O) groups is 3. The number of ketones is 1. The lowest BCUT2D eigenvalue weighted by Crippen LogP contribution is -2.56. The molecule has 0 aliphatic carbocycles. The number of rotatable bonds is 4. The van der Waals surface area contributed by atoms with E-state index in [1.54, 1.807) is 42.2 Å². The van der Waals surface area contributed by atoms with E-state index in [1.807, 2.05) is 25.1 Å². The number of Topliss-reactive ketones (excluding diaryl/α,β-unsaturated/α-hetero) is 1. The summed E-state index contributed by atoms with van der Waals surface area (Å²) in [4.78, 5) is 41.8. The molecule has 2 amide bonds. The van der Waals surface area contributed by atoms with Crippen molar-refractivity contribution in [2.24, 2.45) is 0 Å². The van der Waals surface area contributed by atoms with E-state index in [0.717, 1.165) is 5.69 Å². The van der Waals surface area contributed by atoms with Crippen LogP contribution < -0.4 is 0 Å². The SMILES string of the molecule is Cc1cc(-c2ccc(C(=O)C(=O)N3CCN(C(=O)c4ccccc4)C[C@H]3C)c(Cl)c2)on1. The van der Waals surface area contributed by atoms with Crippen LogP contribution in [-0.2, 0) is 4.79 Å². The van der Waals surface area contributed by atoms with Crippen LogP contribution in [0.2, 0.25) is 5.02 Å². The molecular weight excluding hydrogens is 430 g/mol. The Morgan fingerprint density at radius 3 is 2.44 bits per heavy atom. The second kappa shape index (κ2) is 8.96. The van der Waals surface area contributed by atoms with Gasteiger partial charge in [-0.25, -0.2) is 0 Å². The minimum absolute atomic E-state index is 0.0860. The maximum absolute atomic E-state index is 13.0. The number of aryl methyl sites for hydroxylation is 1. The summed E-state index contributed by atoms with van der Waals surface area (Å²) in [7, 11) is 0. The molecule has 1 aliphatic heterocycles. The number of hydrogen-bond acceptors (Lipinski definition) is 5. The molecule has 0 saturated carbocycles. The highest BCUT2D eigenvalue weighted by Crippen LogP contribution is 2.27. The predicted octanol–water partition coefficient (Wildman–Crippen LogP) is 3.86. The molecule has 1 saturated heterocycles. The first-order valence-corrected chi connectivity index (χ1v) is 10.7.